The third-order valence-corrected chi connectivity index (χ3v) is 4.80. The molecule has 1 nitrogen and oxygen atoms in total. The van der Waals surface area contributed by atoms with E-state index in [2.05, 4.69) is 29.8 Å². The predicted molar refractivity (Wildman–Crippen MR) is 83.8 cm³/mol. The molecular weight excluding hydrogens is 288 g/mol. The first kappa shape index (κ1) is 17.4. The lowest BCUT2D eigenvalue weighted by molar-refractivity contribution is 0.0943. The number of hydrogen-bond acceptors (Lipinski definition) is 1. The maximum atomic E-state index is 12.1. The Kier molecular flexibility index (Phi) is 6.28. The number of carbonyl (C=O) groups is 1. The zero-order chi connectivity index (χ0) is 14.6. The first-order valence-corrected chi connectivity index (χ1v) is 7.51. The van der Waals surface area contributed by atoms with E-state index in [4.69, 9.17) is 0 Å². The van der Waals surface area contributed by atoms with Gasteiger partial charge in [-0.2, -0.15) is 0 Å². The van der Waals surface area contributed by atoms with Crippen LogP contribution in [0.15, 0.2) is 24.3 Å². The Labute approximate surface area is 120 Å². The highest BCUT2D eigenvalue weighted by molar-refractivity contribution is 9.10. The van der Waals surface area contributed by atoms with E-state index in [9.17, 15) is 4.79 Å². The first-order valence-electron chi connectivity index (χ1n) is 6.72. The van der Waals surface area contributed by atoms with Crippen molar-refractivity contribution in [3.63, 3.8) is 0 Å². The highest BCUT2D eigenvalue weighted by Crippen LogP contribution is 2.50. The van der Waals surface area contributed by atoms with Crippen molar-refractivity contribution in [3.8, 4) is 0 Å². The largest absolute Gasteiger partial charge is 0.293 e. The van der Waals surface area contributed by atoms with Crippen LogP contribution in [0.2, 0.25) is 0 Å². The summed E-state index contributed by atoms with van der Waals surface area (Å²) in [5.41, 5.74) is 1.86. The molecule has 0 saturated carbocycles. The van der Waals surface area contributed by atoms with Gasteiger partial charge in [-0.05, 0) is 12.5 Å². The molecule has 18 heavy (non-hydrogen) atoms. The summed E-state index contributed by atoms with van der Waals surface area (Å²) in [5.74, 6) is 0.193. The number of alkyl halides is 1. The quantitative estimate of drug-likeness (QED) is 0.589. The van der Waals surface area contributed by atoms with Crippen LogP contribution in [0.1, 0.15) is 64.4 Å². The van der Waals surface area contributed by atoms with Crippen LogP contribution in [0.5, 0.6) is 0 Å². The minimum Gasteiger partial charge on any atom is -0.293 e. The standard InChI is InChI=1S/C12H13BrO.2C2H6/c1-11(2)9-7-5-4-6-8(9)10(14)12(11,3)13;2*1-2/h4-7H,1-3H3;2*1-2H3. The van der Waals surface area contributed by atoms with Gasteiger partial charge in [0.2, 0.25) is 0 Å². The fourth-order valence-corrected chi connectivity index (χ4v) is 2.44. The predicted octanol–water partition coefficient (Wildman–Crippen LogP) is 5.37. The van der Waals surface area contributed by atoms with Gasteiger partial charge in [-0.25, -0.2) is 0 Å². The average molecular weight is 313 g/mol. The van der Waals surface area contributed by atoms with Crippen molar-refractivity contribution in [2.75, 3.05) is 0 Å². The molecular formula is C16H25BrO. The average Bonchev–Trinajstić information content (AvgIpc) is 2.54. The molecule has 0 N–H and O–H groups in total. The Hall–Kier alpha value is -0.630. The molecule has 0 aliphatic heterocycles. The third-order valence-electron chi connectivity index (χ3n) is 3.45. The summed E-state index contributed by atoms with van der Waals surface area (Å²) in [6.07, 6.45) is 0. The Morgan fingerprint density at radius 1 is 0.944 bits per heavy atom. The lowest BCUT2D eigenvalue weighted by Crippen LogP contribution is -2.39. The van der Waals surface area contributed by atoms with E-state index in [0.29, 0.717) is 0 Å². The molecule has 0 fully saturated rings. The number of Topliss-reactive ketones (excluding diaryl/α,β-unsaturated/α-hetero) is 1. The van der Waals surface area contributed by atoms with Gasteiger partial charge in [0, 0.05) is 11.0 Å². The lowest BCUT2D eigenvalue weighted by atomic mass is 9.79. The molecule has 1 aliphatic carbocycles. The maximum Gasteiger partial charge on any atom is 0.180 e. The number of fused-ring (bicyclic) bond motifs is 1. The summed E-state index contributed by atoms with van der Waals surface area (Å²) in [6.45, 7) is 14.2. The molecule has 1 unspecified atom stereocenters. The number of ketones is 1. The monoisotopic (exact) mass is 312 g/mol. The molecule has 1 aromatic carbocycles. The van der Waals surface area contributed by atoms with Gasteiger partial charge in [0.25, 0.3) is 0 Å². The number of hydrogen-bond donors (Lipinski definition) is 0. The molecule has 1 aromatic rings. The summed E-state index contributed by atoms with van der Waals surface area (Å²) in [6, 6.07) is 7.86. The highest BCUT2D eigenvalue weighted by atomic mass is 79.9. The van der Waals surface area contributed by atoms with Crippen molar-refractivity contribution < 1.29 is 4.79 Å². The van der Waals surface area contributed by atoms with Crippen LogP contribution < -0.4 is 0 Å². The van der Waals surface area contributed by atoms with E-state index in [1.165, 1.54) is 0 Å². The van der Waals surface area contributed by atoms with Crippen LogP contribution in [0.25, 0.3) is 0 Å². The zero-order valence-corrected chi connectivity index (χ0v) is 14.2. The SMILES string of the molecule is CC.CC.CC1(Br)C(=O)c2ccccc2C1(C)C. The maximum absolute atomic E-state index is 12.1. The van der Waals surface area contributed by atoms with E-state index < -0.39 is 4.32 Å². The van der Waals surface area contributed by atoms with Crippen molar-refractivity contribution >= 4 is 21.7 Å². The molecule has 0 spiro atoms. The van der Waals surface area contributed by atoms with Crippen molar-refractivity contribution in [3.05, 3.63) is 35.4 Å². The van der Waals surface area contributed by atoms with Crippen molar-refractivity contribution in [2.24, 2.45) is 0 Å². The van der Waals surface area contributed by atoms with Crippen LogP contribution in [0.3, 0.4) is 0 Å². The zero-order valence-electron chi connectivity index (χ0n) is 12.6. The topological polar surface area (TPSA) is 17.1 Å². The molecule has 2 rings (SSSR count). The Morgan fingerprint density at radius 3 is 1.83 bits per heavy atom. The summed E-state index contributed by atoms with van der Waals surface area (Å²) in [7, 11) is 0. The number of carbonyl (C=O) groups excluding carboxylic acids is 1. The fraction of sp³-hybridized carbons (Fsp3) is 0.562. The molecule has 102 valence electrons. The summed E-state index contributed by atoms with van der Waals surface area (Å²) in [4.78, 5) is 12.1. The Balaban J connectivity index is 0.000000659. The third kappa shape index (κ3) is 2.54. The van der Waals surface area contributed by atoms with Gasteiger partial charge < -0.3 is 0 Å². The summed E-state index contributed by atoms with van der Waals surface area (Å²) < 4.78 is -0.469. The Bertz CT molecular complexity index is 405. The van der Waals surface area contributed by atoms with Gasteiger partial charge in [-0.15, -0.1) is 0 Å². The Morgan fingerprint density at radius 2 is 1.39 bits per heavy atom. The van der Waals surface area contributed by atoms with Crippen molar-refractivity contribution in [2.45, 2.75) is 58.2 Å². The first-order chi connectivity index (χ1) is 8.39. The summed E-state index contributed by atoms with van der Waals surface area (Å²) in [5, 5.41) is 0. The second kappa shape index (κ2) is 6.51. The number of rotatable bonds is 0. The molecule has 1 aliphatic rings. The van der Waals surface area contributed by atoms with E-state index in [0.717, 1.165) is 11.1 Å². The smallest absolute Gasteiger partial charge is 0.180 e. The van der Waals surface area contributed by atoms with Gasteiger partial charge in [-0.3, -0.25) is 4.79 Å². The van der Waals surface area contributed by atoms with E-state index >= 15 is 0 Å². The summed E-state index contributed by atoms with van der Waals surface area (Å²) >= 11 is 3.56. The van der Waals surface area contributed by atoms with Gasteiger partial charge in [0.05, 0.1) is 4.32 Å². The van der Waals surface area contributed by atoms with Crippen LogP contribution in [0, 0.1) is 0 Å². The van der Waals surface area contributed by atoms with Crippen LogP contribution in [-0.4, -0.2) is 10.1 Å². The molecule has 0 bridgehead atoms. The van der Waals surface area contributed by atoms with Crippen molar-refractivity contribution in [1.29, 1.82) is 0 Å². The van der Waals surface area contributed by atoms with E-state index in [-0.39, 0.29) is 11.2 Å². The molecule has 0 amide bonds. The van der Waals surface area contributed by atoms with Gasteiger partial charge in [0.1, 0.15) is 0 Å². The number of benzene rings is 1. The molecule has 0 aromatic heterocycles. The van der Waals surface area contributed by atoms with Crippen LogP contribution in [-0.2, 0) is 5.41 Å². The van der Waals surface area contributed by atoms with Gasteiger partial charge in [0.15, 0.2) is 5.78 Å². The molecule has 1 atom stereocenters. The van der Waals surface area contributed by atoms with Gasteiger partial charge >= 0.3 is 0 Å². The lowest BCUT2D eigenvalue weighted by Gasteiger charge is -2.31. The second-order valence-corrected chi connectivity index (χ2v) is 6.09. The van der Waals surface area contributed by atoms with Crippen LogP contribution in [0.4, 0.5) is 0 Å². The molecule has 0 heterocycles. The van der Waals surface area contributed by atoms with Crippen molar-refractivity contribution in [1.82, 2.24) is 0 Å². The highest BCUT2D eigenvalue weighted by Gasteiger charge is 2.53. The molecule has 0 saturated heterocycles. The molecule has 0 radical (unpaired) electrons. The second-order valence-electron chi connectivity index (χ2n) is 4.50. The normalized spacial score (nSPS) is 23.2. The fourth-order valence-electron chi connectivity index (χ4n) is 2.02. The number of halogens is 1. The van der Waals surface area contributed by atoms with E-state index in [1.807, 2.05) is 58.9 Å². The van der Waals surface area contributed by atoms with Crippen LogP contribution >= 0.6 is 15.9 Å². The minimum atomic E-state index is -0.469. The van der Waals surface area contributed by atoms with Gasteiger partial charge in [-0.1, -0.05) is 81.7 Å². The molecule has 2 heteroatoms. The minimum absolute atomic E-state index is 0.138. The van der Waals surface area contributed by atoms with E-state index in [1.54, 1.807) is 0 Å².